The molecule has 1 aliphatic carbocycles. The number of aryl methyl sites for hydroxylation is 1. The van der Waals surface area contributed by atoms with E-state index in [0.717, 1.165) is 23.7 Å². The molecule has 0 radical (unpaired) electrons. The summed E-state index contributed by atoms with van der Waals surface area (Å²) < 4.78 is 5.75. The molecule has 1 aromatic rings. The van der Waals surface area contributed by atoms with Crippen molar-refractivity contribution in [2.45, 2.75) is 31.8 Å². The molecule has 1 saturated carbocycles. The Balaban J connectivity index is 1.52. The Kier molecular flexibility index (Phi) is 4.27. The van der Waals surface area contributed by atoms with Crippen LogP contribution in [0.3, 0.4) is 0 Å². The third kappa shape index (κ3) is 3.33. The van der Waals surface area contributed by atoms with Crippen LogP contribution in [0.5, 0.6) is 0 Å². The maximum atomic E-state index is 12.3. The Labute approximate surface area is 124 Å². The van der Waals surface area contributed by atoms with Crippen molar-refractivity contribution in [1.82, 2.24) is 4.90 Å². The summed E-state index contributed by atoms with van der Waals surface area (Å²) in [5.74, 6) is 0.910. The first-order valence-electron chi connectivity index (χ1n) is 7.37. The van der Waals surface area contributed by atoms with Gasteiger partial charge < -0.3 is 9.64 Å². The molecule has 0 bridgehead atoms. The molecule has 1 heterocycles. The first-order valence-corrected chi connectivity index (χ1v) is 7.74. The molecule has 1 atom stereocenters. The number of carbonyl (C=O) groups excluding carboxylic acids is 1. The minimum atomic E-state index is 0.221. The molecule has 3 nitrogen and oxygen atoms in total. The molecular formula is C16H20ClNO2. The van der Waals surface area contributed by atoms with Gasteiger partial charge in [-0.15, -0.1) is 0 Å². The van der Waals surface area contributed by atoms with Gasteiger partial charge in [0, 0.05) is 24.5 Å². The fourth-order valence-electron chi connectivity index (χ4n) is 2.76. The second-order valence-corrected chi connectivity index (χ2v) is 6.09. The SMILES string of the molecule is O=C(CCc1ccccc1Cl)N1CCO[C@@H](C2CC2)C1. The van der Waals surface area contributed by atoms with Crippen molar-refractivity contribution >= 4 is 17.5 Å². The van der Waals surface area contributed by atoms with Gasteiger partial charge in [0.1, 0.15) is 0 Å². The predicted molar refractivity (Wildman–Crippen MR) is 78.8 cm³/mol. The van der Waals surface area contributed by atoms with Crippen LogP contribution >= 0.6 is 11.6 Å². The molecule has 1 saturated heterocycles. The summed E-state index contributed by atoms with van der Waals surface area (Å²) >= 11 is 6.12. The van der Waals surface area contributed by atoms with Crippen LogP contribution in [0.1, 0.15) is 24.8 Å². The van der Waals surface area contributed by atoms with E-state index in [9.17, 15) is 4.79 Å². The standard InChI is InChI=1S/C16H20ClNO2/c17-14-4-2-1-3-12(14)7-8-16(19)18-9-10-20-15(11-18)13-5-6-13/h1-4,13,15H,5-11H2/t15-/m1/s1. The second-order valence-electron chi connectivity index (χ2n) is 5.68. The van der Waals surface area contributed by atoms with Crippen LogP contribution in [0, 0.1) is 5.92 Å². The molecule has 2 aliphatic rings. The van der Waals surface area contributed by atoms with Crippen molar-refractivity contribution in [3.05, 3.63) is 34.9 Å². The quantitative estimate of drug-likeness (QED) is 0.854. The van der Waals surface area contributed by atoms with Gasteiger partial charge in [0.2, 0.25) is 5.91 Å². The van der Waals surface area contributed by atoms with Crippen molar-refractivity contribution in [2.24, 2.45) is 5.92 Å². The molecule has 1 amide bonds. The zero-order valence-electron chi connectivity index (χ0n) is 11.6. The lowest BCUT2D eigenvalue weighted by Crippen LogP contribution is -2.46. The zero-order valence-corrected chi connectivity index (χ0v) is 12.3. The number of benzene rings is 1. The van der Waals surface area contributed by atoms with Crippen molar-refractivity contribution in [1.29, 1.82) is 0 Å². The minimum Gasteiger partial charge on any atom is -0.374 e. The van der Waals surface area contributed by atoms with Crippen LogP contribution in [0.15, 0.2) is 24.3 Å². The first-order chi connectivity index (χ1) is 9.74. The number of morpholine rings is 1. The number of hydrogen-bond acceptors (Lipinski definition) is 2. The van der Waals surface area contributed by atoms with E-state index >= 15 is 0 Å². The highest BCUT2D eigenvalue weighted by Crippen LogP contribution is 2.35. The number of amides is 1. The average Bonchev–Trinajstić information content (AvgIpc) is 3.31. The minimum absolute atomic E-state index is 0.221. The lowest BCUT2D eigenvalue weighted by atomic mass is 10.1. The molecule has 2 fully saturated rings. The van der Waals surface area contributed by atoms with Crippen LogP contribution in [0.4, 0.5) is 0 Å². The van der Waals surface area contributed by atoms with Crippen molar-refractivity contribution in [3.63, 3.8) is 0 Å². The third-order valence-electron chi connectivity index (χ3n) is 4.16. The molecule has 0 aromatic heterocycles. The first kappa shape index (κ1) is 13.9. The lowest BCUT2D eigenvalue weighted by Gasteiger charge is -2.33. The lowest BCUT2D eigenvalue weighted by molar-refractivity contribution is -0.139. The molecule has 1 aliphatic heterocycles. The molecule has 0 N–H and O–H groups in total. The highest BCUT2D eigenvalue weighted by atomic mass is 35.5. The average molecular weight is 294 g/mol. The van der Waals surface area contributed by atoms with E-state index < -0.39 is 0 Å². The van der Waals surface area contributed by atoms with Crippen molar-refractivity contribution in [2.75, 3.05) is 19.7 Å². The number of carbonyl (C=O) groups is 1. The van der Waals surface area contributed by atoms with E-state index in [1.165, 1.54) is 12.8 Å². The van der Waals surface area contributed by atoms with Gasteiger partial charge >= 0.3 is 0 Å². The van der Waals surface area contributed by atoms with E-state index in [0.29, 0.717) is 25.4 Å². The molecule has 1 aromatic carbocycles. The highest BCUT2D eigenvalue weighted by molar-refractivity contribution is 6.31. The number of rotatable bonds is 4. The number of hydrogen-bond donors (Lipinski definition) is 0. The van der Waals surface area contributed by atoms with Gasteiger partial charge in [0.15, 0.2) is 0 Å². The molecule has 3 rings (SSSR count). The van der Waals surface area contributed by atoms with Gasteiger partial charge in [-0.2, -0.15) is 0 Å². The number of nitrogens with zero attached hydrogens (tertiary/aromatic N) is 1. The Bertz CT molecular complexity index is 487. The molecule has 0 spiro atoms. The smallest absolute Gasteiger partial charge is 0.223 e. The summed E-state index contributed by atoms with van der Waals surface area (Å²) in [5, 5.41) is 0.748. The van der Waals surface area contributed by atoms with E-state index in [1.807, 2.05) is 29.2 Å². The summed E-state index contributed by atoms with van der Waals surface area (Å²) in [4.78, 5) is 14.3. The summed E-state index contributed by atoms with van der Waals surface area (Å²) in [6, 6.07) is 7.74. The van der Waals surface area contributed by atoms with Crippen molar-refractivity contribution in [3.8, 4) is 0 Å². The molecule has 0 unspecified atom stereocenters. The molecule has 108 valence electrons. The van der Waals surface area contributed by atoms with Gasteiger partial charge in [-0.05, 0) is 36.8 Å². The molecule has 4 heteroatoms. The van der Waals surface area contributed by atoms with Crippen LogP contribution in [-0.4, -0.2) is 36.6 Å². The van der Waals surface area contributed by atoms with Gasteiger partial charge in [-0.3, -0.25) is 4.79 Å². The fourth-order valence-corrected chi connectivity index (χ4v) is 2.99. The van der Waals surface area contributed by atoms with Gasteiger partial charge in [0.05, 0.1) is 12.7 Å². The summed E-state index contributed by atoms with van der Waals surface area (Å²) in [6.07, 6.45) is 4.02. The molecular weight excluding hydrogens is 274 g/mol. The predicted octanol–water partition coefficient (Wildman–Crippen LogP) is 2.91. The van der Waals surface area contributed by atoms with Gasteiger partial charge in [-0.1, -0.05) is 29.8 Å². The Morgan fingerprint density at radius 2 is 2.15 bits per heavy atom. The summed E-state index contributed by atoms with van der Waals surface area (Å²) in [7, 11) is 0. The van der Waals surface area contributed by atoms with Crippen LogP contribution in [0.25, 0.3) is 0 Å². The maximum absolute atomic E-state index is 12.3. The maximum Gasteiger partial charge on any atom is 0.223 e. The van der Waals surface area contributed by atoms with Gasteiger partial charge in [0.25, 0.3) is 0 Å². The Morgan fingerprint density at radius 3 is 2.90 bits per heavy atom. The monoisotopic (exact) mass is 293 g/mol. The zero-order chi connectivity index (χ0) is 13.9. The third-order valence-corrected chi connectivity index (χ3v) is 4.53. The van der Waals surface area contributed by atoms with E-state index in [4.69, 9.17) is 16.3 Å². The topological polar surface area (TPSA) is 29.5 Å². The highest BCUT2D eigenvalue weighted by Gasteiger charge is 2.36. The fraction of sp³-hybridized carbons (Fsp3) is 0.562. The molecule has 20 heavy (non-hydrogen) atoms. The van der Waals surface area contributed by atoms with Crippen LogP contribution in [0.2, 0.25) is 5.02 Å². The summed E-state index contributed by atoms with van der Waals surface area (Å²) in [6.45, 7) is 2.18. The van der Waals surface area contributed by atoms with Crippen molar-refractivity contribution < 1.29 is 9.53 Å². The Morgan fingerprint density at radius 1 is 1.35 bits per heavy atom. The summed E-state index contributed by atoms with van der Waals surface area (Å²) in [5.41, 5.74) is 1.05. The number of halogens is 1. The second kappa shape index (κ2) is 6.15. The van der Waals surface area contributed by atoms with E-state index in [-0.39, 0.29) is 12.0 Å². The number of ether oxygens (including phenoxy) is 1. The normalized spacial score (nSPS) is 22.9. The largest absolute Gasteiger partial charge is 0.374 e. The Hall–Kier alpha value is -1.06. The van der Waals surface area contributed by atoms with Crippen LogP contribution < -0.4 is 0 Å². The van der Waals surface area contributed by atoms with E-state index in [2.05, 4.69) is 0 Å². The van der Waals surface area contributed by atoms with E-state index in [1.54, 1.807) is 0 Å². The van der Waals surface area contributed by atoms with Gasteiger partial charge in [-0.25, -0.2) is 0 Å². The van der Waals surface area contributed by atoms with Crippen LogP contribution in [-0.2, 0) is 16.0 Å².